The maximum Gasteiger partial charge on any atom is 0.123 e. The minimum atomic E-state index is -0.189. The summed E-state index contributed by atoms with van der Waals surface area (Å²) in [5, 5.41) is 3.46. The van der Waals surface area contributed by atoms with Gasteiger partial charge < -0.3 is 4.57 Å². The Bertz CT molecular complexity index is 931. The minimum Gasteiger partial charge on any atom is -0.343 e. The van der Waals surface area contributed by atoms with E-state index in [1.54, 1.807) is 6.07 Å². The fourth-order valence-electron chi connectivity index (χ4n) is 2.92. The van der Waals surface area contributed by atoms with Crippen LogP contribution in [-0.4, -0.2) is 4.57 Å². The lowest BCUT2D eigenvalue weighted by molar-refractivity contribution is 0.629. The summed E-state index contributed by atoms with van der Waals surface area (Å²) in [6.07, 6.45) is 2.02. The van der Waals surface area contributed by atoms with Crippen LogP contribution >= 0.6 is 0 Å². The summed E-state index contributed by atoms with van der Waals surface area (Å²) in [5.41, 5.74) is 2.33. The van der Waals surface area contributed by atoms with E-state index < -0.39 is 0 Å². The summed E-state index contributed by atoms with van der Waals surface area (Å²) >= 11 is 0. The van der Waals surface area contributed by atoms with Crippen molar-refractivity contribution in [2.24, 2.45) is 0 Å². The second-order valence-electron chi connectivity index (χ2n) is 5.29. The van der Waals surface area contributed by atoms with Crippen LogP contribution in [0.25, 0.3) is 21.7 Å². The molecule has 0 aliphatic carbocycles. The van der Waals surface area contributed by atoms with Gasteiger partial charge in [0.2, 0.25) is 0 Å². The molecule has 3 aromatic carbocycles. The smallest absolute Gasteiger partial charge is 0.123 e. The van der Waals surface area contributed by atoms with E-state index in [9.17, 15) is 4.39 Å². The van der Waals surface area contributed by atoms with E-state index in [0.29, 0.717) is 0 Å². The molecule has 0 aliphatic heterocycles. The average molecular weight is 275 g/mol. The summed E-state index contributed by atoms with van der Waals surface area (Å²) in [4.78, 5) is 0. The Hall–Kier alpha value is -2.61. The van der Waals surface area contributed by atoms with Crippen molar-refractivity contribution < 1.29 is 4.39 Å². The molecule has 0 atom stereocenters. The van der Waals surface area contributed by atoms with Crippen LogP contribution < -0.4 is 0 Å². The van der Waals surface area contributed by atoms with Gasteiger partial charge in [-0.3, -0.25) is 0 Å². The van der Waals surface area contributed by atoms with E-state index in [-0.39, 0.29) is 5.82 Å². The Morgan fingerprint density at radius 3 is 2.62 bits per heavy atom. The Kier molecular flexibility index (Phi) is 2.74. The van der Waals surface area contributed by atoms with Gasteiger partial charge in [-0.25, -0.2) is 4.39 Å². The molecule has 0 N–H and O–H groups in total. The van der Waals surface area contributed by atoms with Gasteiger partial charge in [0.25, 0.3) is 0 Å². The average Bonchev–Trinajstić information content (AvgIpc) is 2.90. The van der Waals surface area contributed by atoms with Crippen molar-refractivity contribution in [3.8, 4) is 0 Å². The lowest BCUT2D eigenvalue weighted by atomic mass is 10.0. The van der Waals surface area contributed by atoms with Gasteiger partial charge in [-0.2, -0.15) is 0 Å². The van der Waals surface area contributed by atoms with Gasteiger partial charge in [-0.05, 0) is 40.6 Å². The van der Waals surface area contributed by atoms with E-state index in [2.05, 4.69) is 47.0 Å². The summed E-state index contributed by atoms with van der Waals surface area (Å²) in [7, 11) is 0. The third-order valence-corrected chi connectivity index (χ3v) is 3.95. The third-order valence-electron chi connectivity index (χ3n) is 3.95. The molecule has 4 rings (SSSR count). The predicted octanol–water partition coefficient (Wildman–Crippen LogP) is 4.98. The largest absolute Gasteiger partial charge is 0.343 e. The molecule has 2 heteroatoms. The molecule has 0 spiro atoms. The van der Waals surface area contributed by atoms with Gasteiger partial charge in [0.1, 0.15) is 5.82 Å². The van der Waals surface area contributed by atoms with Gasteiger partial charge in [0.15, 0.2) is 0 Å². The van der Waals surface area contributed by atoms with Gasteiger partial charge in [-0.1, -0.05) is 42.5 Å². The topological polar surface area (TPSA) is 4.93 Å². The predicted molar refractivity (Wildman–Crippen MR) is 84.9 cm³/mol. The van der Waals surface area contributed by atoms with Crippen molar-refractivity contribution in [1.82, 2.24) is 4.57 Å². The zero-order chi connectivity index (χ0) is 14.2. The highest BCUT2D eigenvalue weighted by molar-refractivity contribution is 5.86. The summed E-state index contributed by atoms with van der Waals surface area (Å²) in [6, 6.07) is 21.7. The van der Waals surface area contributed by atoms with E-state index in [1.807, 2.05) is 18.3 Å². The van der Waals surface area contributed by atoms with Crippen molar-refractivity contribution in [3.63, 3.8) is 0 Å². The van der Waals surface area contributed by atoms with Gasteiger partial charge >= 0.3 is 0 Å². The second kappa shape index (κ2) is 4.74. The maximum atomic E-state index is 13.3. The molecule has 0 amide bonds. The molecule has 0 radical (unpaired) electrons. The summed E-state index contributed by atoms with van der Waals surface area (Å²) in [6.45, 7) is 0.788. The molecule has 102 valence electrons. The first kappa shape index (κ1) is 12.2. The number of hydrogen-bond donors (Lipinski definition) is 0. The zero-order valence-corrected chi connectivity index (χ0v) is 11.5. The first-order valence-electron chi connectivity index (χ1n) is 7.02. The molecule has 21 heavy (non-hydrogen) atoms. The molecule has 1 nitrogen and oxygen atoms in total. The molecule has 0 saturated carbocycles. The molecule has 4 aromatic rings. The van der Waals surface area contributed by atoms with Crippen molar-refractivity contribution in [3.05, 3.63) is 84.3 Å². The Labute approximate surface area is 122 Å². The molecular weight excluding hydrogens is 261 g/mol. The zero-order valence-electron chi connectivity index (χ0n) is 11.5. The van der Waals surface area contributed by atoms with E-state index >= 15 is 0 Å². The monoisotopic (exact) mass is 275 g/mol. The third kappa shape index (κ3) is 2.09. The highest BCUT2D eigenvalue weighted by Crippen LogP contribution is 2.22. The normalized spacial score (nSPS) is 11.3. The quantitative estimate of drug-likeness (QED) is 0.486. The highest BCUT2D eigenvalue weighted by atomic mass is 19.1. The van der Waals surface area contributed by atoms with Gasteiger partial charge in [0, 0.05) is 23.6 Å². The van der Waals surface area contributed by atoms with Gasteiger partial charge in [0.05, 0.1) is 0 Å². The number of nitrogens with zero attached hydrogens (tertiary/aromatic N) is 1. The van der Waals surface area contributed by atoms with Crippen LogP contribution in [0.1, 0.15) is 5.56 Å². The molecule has 1 aromatic heterocycles. The lowest BCUT2D eigenvalue weighted by Gasteiger charge is -2.09. The van der Waals surface area contributed by atoms with Crippen molar-refractivity contribution in [2.75, 3.05) is 0 Å². The molecule has 0 unspecified atom stereocenters. The van der Waals surface area contributed by atoms with Crippen LogP contribution in [-0.2, 0) is 6.54 Å². The van der Waals surface area contributed by atoms with Crippen molar-refractivity contribution >= 4 is 21.7 Å². The Morgan fingerprint density at radius 2 is 1.67 bits per heavy atom. The number of fused-ring (bicyclic) bond motifs is 2. The number of aromatic nitrogens is 1. The van der Waals surface area contributed by atoms with Crippen LogP contribution in [0.3, 0.4) is 0 Å². The van der Waals surface area contributed by atoms with Crippen LogP contribution in [0.2, 0.25) is 0 Å². The van der Waals surface area contributed by atoms with Crippen molar-refractivity contribution in [1.29, 1.82) is 0 Å². The molecule has 0 saturated heterocycles. The highest BCUT2D eigenvalue weighted by Gasteiger charge is 2.05. The molecule has 0 bridgehead atoms. The summed E-state index contributed by atoms with van der Waals surface area (Å²) in [5.74, 6) is -0.189. The second-order valence-corrected chi connectivity index (χ2v) is 5.29. The van der Waals surface area contributed by atoms with E-state index in [1.165, 1.54) is 22.4 Å². The van der Waals surface area contributed by atoms with E-state index in [4.69, 9.17) is 0 Å². The Morgan fingerprint density at radius 1 is 0.810 bits per heavy atom. The molecule has 0 aliphatic rings. The summed E-state index contributed by atoms with van der Waals surface area (Å²) < 4.78 is 15.4. The first-order valence-corrected chi connectivity index (χ1v) is 7.02. The van der Waals surface area contributed by atoms with Crippen LogP contribution in [0.15, 0.2) is 72.9 Å². The molecule has 0 fully saturated rings. The molecular formula is C19H14FN. The molecule has 1 heterocycles. The number of rotatable bonds is 2. The SMILES string of the molecule is Fc1ccc2c(ccn2Cc2cccc3ccccc23)c1. The van der Waals surface area contributed by atoms with Crippen LogP contribution in [0, 0.1) is 5.82 Å². The number of benzene rings is 3. The number of hydrogen-bond acceptors (Lipinski definition) is 0. The van der Waals surface area contributed by atoms with Crippen molar-refractivity contribution in [2.45, 2.75) is 6.54 Å². The standard InChI is InChI=1S/C19H14FN/c20-17-8-9-19-15(12-17)10-11-21(19)13-16-6-3-5-14-4-1-2-7-18(14)16/h1-12H,13H2. The fraction of sp³-hybridized carbons (Fsp3) is 0.0526. The minimum absolute atomic E-state index is 0.189. The fourth-order valence-corrected chi connectivity index (χ4v) is 2.92. The Balaban J connectivity index is 1.83. The lowest BCUT2D eigenvalue weighted by Crippen LogP contribution is -1.98. The van der Waals surface area contributed by atoms with Crippen LogP contribution in [0.5, 0.6) is 0 Å². The van der Waals surface area contributed by atoms with Crippen LogP contribution in [0.4, 0.5) is 4.39 Å². The van der Waals surface area contributed by atoms with E-state index in [0.717, 1.165) is 17.4 Å². The van der Waals surface area contributed by atoms with Gasteiger partial charge in [-0.15, -0.1) is 0 Å². The number of halogens is 1. The first-order chi connectivity index (χ1) is 10.3. The maximum absolute atomic E-state index is 13.3.